The molecule has 1 heterocycles. The van der Waals surface area contributed by atoms with Crippen LogP contribution in [-0.4, -0.2) is 25.3 Å². The van der Waals surface area contributed by atoms with Gasteiger partial charge in [-0.15, -0.1) is 0 Å². The Balaban J connectivity index is 1.81. The van der Waals surface area contributed by atoms with E-state index in [-0.39, 0.29) is 12.1 Å². The normalized spacial score (nSPS) is 18.8. The monoisotopic (exact) mass is 249 g/mol. The molecule has 0 radical (unpaired) electrons. The summed E-state index contributed by atoms with van der Waals surface area (Å²) in [5.41, 5.74) is 7.83. The Kier molecular flexibility index (Phi) is 4.20. The molecule has 18 heavy (non-hydrogen) atoms. The van der Waals surface area contributed by atoms with Crippen molar-refractivity contribution in [2.75, 3.05) is 18.9 Å². The molecule has 0 bridgehead atoms. The molecule has 2 rings (SSSR count). The second-order valence-electron chi connectivity index (χ2n) is 4.63. The summed E-state index contributed by atoms with van der Waals surface area (Å²) in [6, 6.07) is 5.17. The Bertz CT molecular complexity index is 425. The van der Waals surface area contributed by atoms with Gasteiger partial charge < -0.3 is 15.2 Å². The first-order valence-corrected chi connectivity index (χ1v) is 6.31. The zero-order valence-corrected chi connectivity index (χ0v) is 10.6. The quantitative estimate of drug-likeness (QED) is 0.657. The summed E-state index contributed by atoms with van der Waals surface area (Å²) in [4.78, 5) is 11.8. The number of esters is 1. The van der Waals surface area contributed by atoms with Gasteiger partial charge in [-0.2, -0.15) is 0 Å². The van der Waals surface area contributed by atoms with E-state index in [1.165, 1.54) is 0 Å². The van der Waals surface area contributed by atoms with Crippen LogP contribution < -0.4 is 5.73 Å². The lowest BCUT2D eigenvalue weighted by atomic mass is 10.1. The number of hydrogen-bond donors (Lipinski definition) is 1. The van der Waals surface area contributed by atoms with E-state index < -0.39 is 0 Å². The minimum Gasteiger partial charge on any atom is -0.462 e. The molecular weight excluding hydrogens is 230 g/mol. The van der Waals surface area contributed by atoms with Crippen LogP contribution in [0.5, 0.6) is 0 Å². The molecule has 1 saturated heterocycles. The van der Waals surface area contributed by atoms with Crippen molar-refractivity contribution in [2.24, 2.45) is 0 Å². The predicted octanol–water partition coefficient (Wildman–Crippen LogP) is 2.30. The van der Waals surface area contributed by atoms with E-state index >= 15 is 0 Å². The van der Waals surface area contributed by atoms with Crippen molar-refractivity contribution in [3.63, 3.8) is 0 Å². The molecule has 0 aliphatic carbocycles. The molecular formula is C14H19NO3. The first-order valence-electron chi connectivity index (χ1n) is 6.31. The van der Waals surface area contributed by atoms with Crippen molar-refractivity contribution in [2.45, 2.75) is 32.3 Å². The molecule has 0 spiro atoms. The fourth-order valence-corrected chi connectivity index (χ4v) is 2.04. The van der Waals surface area contributed by atoms with Crippen LogP contribution in [0.15, 0.2) is 18.2 Å². The average molecular weight is 249 g/mol. The molecule has 4 nitrogen and oxygen atoms in total. The molecule has 1 aliphatic rings. The SMILES string of the molecule is Cc1cc(C(=O)OCCC2CCCO2)ccc1N. The molecule has 1 atom stereocenters. The van der Waals surface area contributed by atoms with E-state index in [0.717, 1.165) is 31.4 Å². The Labute approximate surface area is 107 Å². The highest BCUT2D eigenvalue weighted by Crippen LogP contribution is 2.16. The van der Waals surface area contributed by atoms with Crippen molar-refractivity contribution >= 4 is 11.7 Å². The topological polar surface area (TPSA) is 61.5 Å². The van der Waals surface area contributed by atoms with Crippen LogP contribution >= 0.6 is 0 Å². The second kappa shape index (κ2) is 5.87. The van der Waals surface area contributed by atoms with E-state index in [1.54, 1.807) is 18.2 Å². The molecule has 0 amide bonds. The fraction of sp³-hybridized carbons (Fsp3) is 0.500. The van der Waals surface area contributed by atoms with Gasteiger partial charge in [-0.3, -0.25) is 0 Å². The summed E-state index contributed by atoms with van der Waals surface area (Å²) in [6.07, 6.45) is 3.21. The number of nitrogens with two attached hydrogens (primary N) is 1. The third-order valence-electron chi connectivity index (χ3n) is 3.20. The number of hydrogen-bond acceptors (Lipinski definition) is 4. The van der Waals surface area contributed by atoms with Gasteiger partial charge >= 0.3 is 5.97 Å². The van der Waals surface area contributed by atoms with E-state index in [4.69, 9.17) is 15.2 Å². The molecule has 0 aromatic heterocycles. The van der Waals surface area contributed by atoms with Crippen molar-refractivity contribution in [3.8, 4) is 0 Å². The molecule has 2 N–H and O–H groups in total. The third kappa shape index (κ3) is 3.23. The van der Waals surface area contributed by atoms with Gasteiger partial charge in [-0.1, -0.05) is 0 Å². The molecule has 1 aromatic carbocycles. The van der Waals surface area contributed by atoms with Crippen LogP contribution in [0.25, 0.3) is 0 Å². The third-order valence-corrected chi connectivity index (χ3v) is 3.20. The van der Waals surface area contributed by atoms with Crippen molar-refractivity contribution in [1.82, 2.24) is 0 Å². The lowest BCUT2D eigenvalue weighted by molar-refractivity contribution is 0.0386. The number of aryl methyl sites for hydroxylation is 1. The first-order chi connectivity index (χ1) is 8.66. The van der Waals surface area contributed by atoms with Gasteiger partial charge in [0, 0.05) is 18.7 Å². The van der Waals surface area contributed by atoms with Gasteiger partial charge in [0.15, 0.2) is 0 Å². The van der Waals surface area contributed by atoms with E-state index in [2.05, 4.69) is 0 Å². The Morgan fingerprint density at radius 2 is 2.39 bits per heavy atom. The zero-order chi connectivity index (χ0) is 13.0. The number of carbonyl (C=O) groups excluding carboxylic acids is 1. The summed E-state index contributed by atoms with van der Waals surface area (Å²) in [5, 5.41) is 0. The number of anilines is 1. The number of carbonyl (C=O) groups is 1. The van der Waals surface area contributed by atoms with Crippen molar-refractivity contribution in [3.05, 3.63) is 29.3 Å². The summed E-state index contributed by atoms with van der Waals surface area (Å²) in [7, 11) is 0. The number of benzene rings is 1. The molecule has 1 fully saturated rings. The predicted molar refractivity (Wildman–Crippen MR) is 69.5 cm³/mol. The highest BCUT2D eigenvalue weighted by atomic mass is 16.5. The number of ether oxygens (including phenoxy) is 2. The lowest BCUT2D eigenvalue weighted by Gasteiger charge is -2.10. The molecule has 0 saturated carbocycles. The minimum absolute atomic E-state index is 0.256. The number of nitrogen functional groups attached to an aromatic ring is 1. The van der Waals surface area contributed by atoms with Crippen molar-refractivity contribution in [1.29, 1.82) is 0 Å². The molecule has 4 heteroatoms. The molecule has 1 unspecified atom stereocenters. The second-order valence-corrected chi connectivity index (χ2v) is 4.63. The van der Waals surface area contributed by atoms with Gasteiger partial charge in [-0.25, -0.2) is 4.79 Å². The minimum atomic E-state index is -0.295. The highest BCUT2D eigenvalue weighted by Gasteiger charge is 2.16. The standard InChI is InChI=1S/C14H19NO3/c1-10-9-11(4-5-13(10)15)14(16)18-8-6-12-3-2-7-17-12/h4-5,9,12H,2-3,6-8,15H2,1H3. The van der Waals surface area contributed by atoms with Gasteiger partial charge in [0.1, 0.15) is 0 Å². The molecule has 1 aliphatic heterocycles. The van der Waals surface area contributed by atoms with Crippen LogP contribution in [0.3, 0.4) is 0 Å². The Morgan fingerprint density at radius 3 is 3.06 bits per heavy atom. The number of rotatable bonds is 4. The van der Waals surface area contributed by atoms with Crippen LogP contribution in [-0.2, 0) is 9.47 Å². The Hall–Kier alpha value is -1.55. The van der Waals surface area contributed by atoms with Crippen LogP contribution in [0, 0.1) is 6.92 Å². The van der Waals surface area contributed by atoms with E-state index in [1.807, 2.05) is 6.92 Å². The lowest BCUT2D eigenvalue weighted by Crippen LogP contribution is -2.13. The smallest absolute Gasteiger partial charge is 0.338 e. The van der Waals surface area contributed by atoms with Gasteiger partial charge in [0.25, 0.3) is 0 Å². The average Bonchev–Trinajstić information content (AvgIpc) is 2.85. The Morgan fingerprint density at radius 1 is 1.56 bits per heavy atom. The summed E-state index contributed by atoms with van der Waals surface area (Å²) in [5.74, 6) is -0.295. The summed E-state index contributed by atoms with van der Waals surface area (Å²) < 4.78 is 10.7. The zero-order valence-electron chi connectivity index (χ0n) is 10.6. The molecule has 1 aromatic rings. The maximum atomic E-state index is 11.8. The van der Waals surface area contributed by atoms with Crippen LogP contribution in [0.2, 0.25) is 0 Å². The first kappa shape index (κ1) is 12.9. The molecule has 98 valence electrons. The maximum absolute atomic E-state index is 11.8. The van der Waals surface area contributed by atoms with E-state index in [0.29, 0.717) is 17.9 Å². The summed E-state index contributed by atoms with van der Waals surface area (Å²) >= 11 is 0. The van der Waals surface area contributed by atoms with Gasteiger partial charge in [-0.05, 0) is 43.5 Å². The van der Waals surface area contributed by atoms with Crippen LogP contribution in [0.4, 0.5) is 5.69 Å². The highest BCUT2D eigenvalue weighted by molar-refractivity contribution is 5.90. The van der Waals surface area contributed by atoms with Crippen molar-refractivity contribution < 1.29 is 14.3 Å². The van der Waals surface area contributed by atoms with Gasteiger partial charge in [0.2, 0.25) is 0 Å². The largest absolute Gasteiger partial charge is 0.462 e. The van der Waals surface area contributed by atoms with Gasteiger partial charge in [0.05, 0.1) is 18.3 Å². The van der Waals surface area contributed by atoms with Crippen LogP contribution in [0.1, 0.15) is 35.2 Å². The fourth-order valence-electron chi connectivity index (χ4n) is 2.04. The van der Waals surface area contributed by atoms with E-state index in [9.17, 15) is 4.79 Å². The maximum Gasteiger partial charge on any atom is 0.338 e. The summed E-state index contributed by atoms with van der Waals surface area (Å²) in [6.45, 7) is 3.11.